The van der Waals surface area contributed by atoms with Crippen molar-refractivity contribution in [3.8, 4) is 0 Å². The Morgan fingerprint density at radius 3 is 2.33 bits per heavy atom. The van der Waals surface area contributed by atoms with Gasteiger partial charge in [0, 0.05) is 17.8 Å². The summed E-state index contributed by atoms with van der Waals surface area (Å²) in [5.74, 6) is 1.31. The zero-order valence-electron chi connectivity index (χ0n) is 9.99. The number of sulfone groups is 1. The summed E-state index contributed by atoms with van der Waals surface area (Å²) in [6.45, 7) is 5.84. The van der Waals surface area contributed by atoms with E-state index in [1.807, 2.05) is 6.92 Å². The fraction of sp³-hybridized carbons (Fsp3) is 1.00. The molecule has 90 valence electrons. The average Bonchev–Trinajstić information content (AvgIpc) is 2.97. The lowest BCUT2D eigenvalue weighted by atomic mass is 10.1. The van der Waals surface area contributed by atoms with E-state index in [0.717, 1.165) is 12.3 Å². The molecule has 0 amide bonds. The maximum atomic E-state index is 11.4. The largest absolute Gasteiger partial charge is 0.310 e. The van der Waals surface area contributed by atoms with Gasteiger partial charge in [0.2, 0.25) is 0 Å². The van der Waals surface area contributed by atoms with Crippen molar-refractivity contribution in [1.82, 2.24) is 5.32 Å². The van der Waals surface area contributed by atoms with Crippen LogP contribution < -0.4 is 5.32 Å². The molecule has 15 heavy (non-hydrogen) atoms. The first-order valence-electron chi connectivity index (χ1n) is 5.95. The number of hydrogen-bond acceptors (Lipinski definition) is 3. The minimum Gasteiger partial charge on any atom is -0.310 e. The zero-order chi connectivity index (χ0) is 11.5. The molecule has 0 spiro atoms. The van der Waals surface area contributed by atoms with Gasteiger partial charge >= 0.3 is 0 Å². The molecule has 2 unspecified atom stereocenters. The van der Waals surface area contributed by atoms with E-state index in [1.165, 1.54) is 12.8 Å². The Bertz CT molecular complexity index is 283. The molecule has 2 atom stereocenters. The Labute approximate surface area is 93.6 Å². The first-order chi connectivity index (χ1) is 6.98. The highest BCUT2D eigenvalue weighted by atomic mass is 32.2. The number of nitrogens with one attached hydrogen (secondary N) is 1. The second kappa shape index (κ2) is 5.30. The van der Waals surface area contributed by atoms with Gasteiger partial charge in [-0.25, -0.2) is 8.42 Å². The van der Waals surface area contributed by atoms with Gasteiger partial charge in [0.05, 0.1) is 5.75 Å². The van der Waals surface area contributed by atoms with Gasteiger partial charge in [-0.15, -0.1) is 0 Å². The molecule has 0 aromatic carbocycles. The topological polar surface area (TPSA) is 46.2 Å². The highest BCUT2D eigenvalue weighted by Gasteiger charge is 2.31. The summed E-state index contributed by atoms with van der Waals surface area (Å²) in [4.78, 5) is 0. The van der Waals surface area contributed by atoms with Crippen molar-refractivity contribution in [3.63, 3.8) is 0 Å². The molecular formula is C11H23NO2S. The fourth-order valence-corrected chi connectivity index (χ4v) is 3.09. The first-order valence-corrected chi connectivity index (χ1v) is 7.77. The molecule has 1 aliphatic carbocycles. The van der Waals surface area contributed by atoms with Crippen molar-refractivity contribution in [3.05, 3.63) is 0 Å². The van der Waals surface area contributed by atoms with Crippen LogP contribution in [0.4, 0.5) is 0 Å². The van der Waals surface area contributed by atoms with Crippen LogP contribution >= 0.6 is 0 Å². The second-order valence-corrected chi connectivity index (χ2v) is 7.02. The van der Waals surface area contributed by atoms with Crippen LogP contribution in [0.25, 0.3) is 0 Å². The third-order valence-electron chi connectivity index (χ3n) is 3.07. The minimum absolute atomic E-state index is 0.0838. The molecular weight excluding hydrogens is 210 g/mol. The Morgan fingerprint density at radius 2 is 1.93 bits per heavy atom. The lowest BCUT2D eigenvalue weighted by Crippen LogP contribution is -2.41. The van der Waals surface area contributed by atoms with Crippen molar-refractivity contribution in [2.24, 2.45) is 5.92 Å². The summed E-state index contributed by atoms with van der Waals surface area (Å²) in [5.41, 5.74) is 0. The smallest absolute Gasteiger partial charge is 0.151 e. The van der Waals surface area contributed by atoms with Crippen LogP contribution in [0, 0.1) is 5.92 Å². The Balaban J connectivity index is 2.37. The standard InChI is InChI=1S/C11H23NO2S/c1-4-11(10-6-7-10)12-9(3)8-15(13,14)5-2/h9-12H,4-8H2,1-3H3. The van der Waals surface area contributed by atoms with Crippen LogP contribution in [0.5, 0.6) is 0 Å². The van der Waals surface area contributed by atoms with E-state index in [4.69, 9.17) is 0 Å². The van der Waals surface area contributed by atoms with E-state index >= 15 is 0 Å². The molecule has 0 radical (unpaired) electrons. The molecule has 3 nitrogen and oxygen atoms in total. The summed E-state index contributed by atoms with van der Waals surface area (Å²) in [5, 5.41) is 3.44. The summed E-state index contributed by atoms with van der Waals surface area (Å²) >= 11 is 0. The monoisotopic (exact) mass is 233 g/mol. The van der Waals surface area contributed by atoms with Crippen molar-refractivity contribution in [1.29, 1.82) is 0 Å². The summed E-state index contributed by atoms with van der Waals surface area (Å²) in [7, 11) is -2.84. The van der Waals surface area contributed by atoms with Gasteiger partial charge in [0.25, 0.3) is 0 Å². The number of hydrogen-bond donors (Lipinski definition) is 1. The molecule has 4 heteroatoms. The lowest BCUT2D eigenvalue weighted by Gasteiger charge is -2.21. The Morgan fingerprint density at radius 1 is 1.33 bits per heavy atom. The first kappa shape index (κ1) is 13.0. The molecule has 0 aliphatic heterocycles. The molecule has 0 heterocycles. The molecule has 1 aliphatic rings. The molecule has 1 N–H and O–H groups in total. The number of rotatable bonds is 7. The van der Waals surface area contributed by atoms with E-state index in [-0.39, 0.29) is 17.5 Å². The quantitative estimate of drug-likeness (QED) is 0.726. The minimum atomic E-state index is -2.84. The van der Waals surface area contributed by atoms with Gasteiger partial charge in [0.15, 0.2) is 9.84 Å². The Hall–Kier alpha value is -0.0900. The fourth-order valence-electron chi connectivity index (χ4n) is 2.00. The lowest BCUT2D eigenvalue weighted by molar-refractivity contribution is 0.412. The van der Waals surface area contributed by atoms with Crippen LogP contribution in [-0.4, -0.2) is 32.0 Å². The normalized spacial score (nSPS) is 21.3. The van der Waals surface area contributed by atoms with Gasteiger partial charge in [-0.05, 0) is 32.1 Å². The molecule has 1 fully saturated rings. The van der Waals surface area contributed by atoms with Gasteiger partial charge < -0.3 is 5.32 Å². The Kier molecular flexibility index (Phi) is 4.59. The summed E-state index contributed by atoms with van der Waals surface area (Å²) in [6.07, 6.45) is 3.71. The van der Waals surface area contributed by atoms with Gasteiger partial charge in [-0.2, -0.15) is 0 Å². The van der Waals surface area contributed by atoms with Crippen LogP contribution in [0.15, 0.2) is 0 Å². The van der Waals surface area contributed by atoms with Crippen molar-refractivity contribution in [2.45, 2.75) is 52.1 Å². The third kappa shape index (κ3) is 4.51. The van der Waals surface area contributed by atoms with Crippen molar-refractivity contribution < 1.29 is 8.42 Å². The average molecular weight is 233 g/mol. The van der Waals surface area contributed by atoms with Crippen LogP contribution in [-0.2, 0) is 9.84 Å². The third-order valence-corrected chi connectivity index (χ3v) is 4.96. The molecule has 1 rings (SSSR count). The predicted octanol–water partition coefficient (Wildman–Crippen LogP) is 1.59. The maximum Gasteiger partial charge on any atom is 0.151 e. The summed E-state index contributed by atoms with van der Waals surface area (Å²) in [6, 6.07) is 0.604. The molecule has 0 aromatic rings. The van der Waals surface area contributed by atoms with Gasteiger partial charge in [0.1, 0.15) is 0 Å². The van der Waals surface area contributed by atoms with Gasteiger partial charge in [-0.1, -0.05) is 13.8 Å². The predicted molar refractivity (Wildman–Crippen MR) is 63.7 cm³/mol. The second-order valence-electron chi connectivity index (χ2n) is 4.62. The maximum absolute atomic E-state index is 11.4. The van der Waals surface area contributed by atoms with E-state index in [0.29, 0.717) is 6.04 Å². The SMILES string of the molecule is CCC(NC(C)CS(=O)(=O)CC)C1CC1. The molecule has 0 bridgehead atoms. The van der Waals surface area contributed by atoms with Crippen LogP contribution in [0.3, 0.4) is 0 Å². The molecule has 0 saturated heterocycles. The van der Waals surface area contributed by atoms with Crippen molar-refractivity contribution in [2.75, 3.05) is 11.5 Å². The van der Waals surface area contributed by atoms with Crippen LogP contribution in [0.2, 0.25) is 0 Å². The van der Waals surface area contributed by atoms with Crippen LogP contribution in [0.1, 0.15) is 40.0 Å². The molecule has 0 aromatic heterocycles. The van der Waals surface area contributed by atoms with E-state index < -0.39 is 9.84 Å². The van der Waals surface area contributed by atoms with Crippen molar-refractivity contribution >= 4 is 9.84 Å². The zero-order valence-corrected chi connectivity index (χ0v) is 10.8. The molecule has 1 saturated carbocycles. The summed E-state index contributed by atoms with van der Waals surface area (Å²) < 4.78 is 22.9. The highest BCUT2D eigenvalue weighted by Crippen LogP contribution is 2.34. The van der Waals surface area contributed by atoms with E-state index in [2.05, 4.69) is 12.2 Å². The van der Waals surface area contributed by atoms with E-state index in [1.54, 1.807) is 6.92 Å². The highest BCUT2D eigenvalue weighted by molar-refractivity contribution is 7.91. The van der Waals surface area contributed by atoms with E-state index in [9.17, 15) is 8.42 Å². The van der Waals surface area contributed by atoms with Gasteiger partial charge in [-0.3, -0.25) is 0 Å².